The van der Waals surface area contributed by atoms with Crippen molar-refractivity contribution in [1.29, 1.82) is 0 Å². The van der Waals surface area contributed by atoms with Gasteiger partial charge in [0.1, 0.15) is 14.2 Å². The molecule has 0 fully saturated rings. The minimum Gasteiger partial charge on any atom is -0.336 e. The van der Waals surface area contributed by atoms with E-state index in [1.165, 1.54) is 11.3 Å². The van der Waals surface area contributed by atoms with E-state index >= 15 is 0 Å². The van der Waals surface area contributed by atoms with Crippen LogP contribution in [0.25, 0.3) is 32.6 Å². The first-order chi connectivity index (χ1) is 27.2. The van der Waals surface area contributed by atoms with E-state index in [2.05, 4.69) is 44.1 Å². The number of thiazole rings is 1. The van der Waals surface area contributed by atoms with Crippen molar-refractivity contribution in [2.24, 2.45) is 0 Å². The van der Waals surface area contributed by atoms with Gasteiger partial charge >= 0.3 is 0 Å². The monoisotopic (exact) mass is 911 g/mol. The molecule has 4 aromatic carbocycles. The van der Waals surface area contributed by atoms with Crippen LogP contribution in [0.4, 0.5) is 0 Å². The van der Waals surface area contributed by atoms with Crippen molar-refractivity contribution in [1.82, 2.24) is 24.4 Å². The number of halogens is 6. The van der Waals surface area contributed by atoms with Crippen molar-refractivity contribution in [3.63, 3.8) is 0 Å². The highest BCUT2D eigenvalue weighted by Crippen LogP contribution is 2.50. The maximum atomic E-state index is 13.7. The van der Waals surface area contributed by atoms with Crippen LogP contribution in [0, 0.1) is 6.92 Å². The number of thioether (sulfide) groups is 1. The van der Waals surface area contributed by atoms with Gasteiger partial charge in [-0.15, -0.1) is 11.3 Å². The van der Waals surface area contributed by atoms with Crippen molar-refractivity contribution >= 4 is 120 Å². The third kappa shape index (κ3) is 8.73. The van der Waals surface area contributed by atoms with Crippen LogP contribution in [0.2, 0.25) is 0 Å². The third-order valence-electron chi connectivity index (χ3n) is 9.14. The minimum absolute atomic E-state index is 0.0334. The summed E-state index contributed by atoms with van der Waals surface area (Å²) in [5, 5.41) is 0.903. The Hall–Kier alpha value is -3.64. The molecule has 0 radical (unpaired) electrons. The van der Waals surface area contributed by atoms with Gasteiger partial charge in [0, 0.05) is 41.6 Å². The van der Waals surface area contributed by atoms with Crippen molar-refractivity contribution in [3.05, 3.63) is 168 Å². The molecule has 0 spiro atoms. The SMILES string of the molecule is CCn1c(=O)/c(=C2\SC(c3ccccc3)=C(c3ccccc3)N2C)s/c1=C1/Cc2ccccc2C1=O.Cc1ccc(-c2nc(C(Cl)(Cl)Cl)nc(C(Cl)(Cl)Cl)n2)cc1. The van der Waals surface area contributed by atoms with Gasteiger partial charge < -0.3 is 4.90 Å². The van der Waals surface area contributed by atoms with Crippen LogP contribution >= 0.6 is 92.7 Å². The summed E-state index contributed by atoms with van der Waals surface area (Å²) >= 11 is 38.0. The number of benzene rings is 4. The Morgan fingerprint density at radius 2 is 1.26 bits per heavy atom. The number of carbonyl (C=O) groups is 1. The normalized spacial score (nSPS) is 16.2. The summed E-state index contributed by atoms with van der Waals surface area (Å²) in [6.07, 6.45) is 0.565. The standard InChI is InChI=1S/C30H24N2O2S2.C12H7Cl6N3/c1-3-32-28(34)27(36-29(32)23-18-21-16-10-11-17-22(21)25(23)33)30-31(2)24(19-12-6-4-7-13-19)26(35-30)20-14-8-5-9-15-20;1-6-2-4-7(5-3-6)8-19-9(11(13,14)15)21-10(20-8)12(16,17)18/h4-17H,3,18H2,1-2H3;2-5H,1H3/b29-23-,30-27+;. The number of hydrogen-bond donors (Lipinski definition) is 0. The Morgan fingerprint density at radius 1 is 0.702 bits per heavy atom. The van der Waals surface area contributed by atoms with Crippen LogP contribution in [0.5, 0.6) is 0 Å². The van der Waals surface area contributed by atoms with E-state index in [0.717, 1.165) is 53.7 Å². The van der Waals surface area contributed by atoms with E-state index < -0.39 is 7.59 Å². The molecule has 57 heavy (non-hydrogen) atoms. The first kappa shape index (κ1) is 41.5. The number of fused-ring (bicyclic) bond motifs is 1. The minimum atomic E-state index is -1.85. The van der Waals surface area contributed by atoms with E-state index in [0.29, 0.717) is 23.1 Å². The highest BCUT2D eigenvalue weighted by Gasteiger charge is 2.34. The number of hydrogen-bond acceptors (Lipinski definition) is 8. The number of rotatable bonds is 4. The number of aromatic nitrogens is 4. The molecule has 8 rings (SSSR count). The van der Waals surface area contributed by atoms with Crippen molar-refractivity contribution < 1.29 is 4.79 Å². The van der Waals surface area contributed by atoms with Gasteiger partial charge in [0.2, 0.25) is 7.59 Å². The van der Waals surface area contributed by atoms with Gasteiger partial charge in [0.25, 0.3) is 5.56 Å². The summed E-state index contributed by atoms with van der Waals surface area (Å²) in [6, 6.07) is 35.8. The molecule has 0 saturated heterocycles. The second kappa shape index (κ2) is 16.9. The van der Waals surface area contributed by atoms with Crippen molar-refractivity contribution in [2.75, 3.05) is 7.05 Å². The number of aryl methyl sites for hydroxylation is 1. The topological polar surface area (TPSA) is 81.0 Å². The lowest BCUT2D eigenvalue weighted by atomic mass is 10.1. The predicted molar refractivity (Wildman–Crippen MR) is 238 cm³/mol. The molecule has 290 valence electrons. The van der Waals surface area contributed by atoms with E-state index in [4.69, 9.17) is 69.6 Å². The van der Waals surface area contributed by atoms with Crippen LogP contribution in [0.3, 0.4) is 0 Å². The van der Waals surface area contributed by atoms with Gasteiger partial charge in [-0.25, -0.2) is 15.0 Å². The fourth-order valence-electron chi connectivity index (χ4n) is 6.39. The predicted octanol–water partition coefficient (Wildman–Crippen LogP) is 10.3. The van der Waals surface area contributed by atoms with Crippen LogP contribution in [-0.4, -0.2) is 37.2 Å². The summed E-state index contributed by atoms with van der Waals surface area (Å²) in [4.78, 5) is 42.4. The van der Waals surface area contributed by atoms with Gasteiger partial charge in [-0.05, 0) is 30.5 Å². The summed E-state index contributed by atoms with van der Waals surface area (Å²) < 4.78 is -0.492. The molecule has 0 saturated carbocycles. The molecule has 0 unspecified atom stereocenters. The second-order valence-corrected chi connectivity index (χ2v) is 19.5. The van der Waals surface area contributed by atoms with Crippen LogP contribution in [0.15, 0.2) is 114 Å². The molecular weight excluding hydrogens is 883 g/mol. The zero-order chi connectivity index (χ0) is 40.6. The quantitative estimate of drug-likeness (QED) is 0.163. The lowest BCUT2D eigenvalue weighted by Gasteiger charge is -2.17. The van der Waals surface area contributed by atoms with Crippen LogP contribution in [0.1, 0.15) is 51.2 Å². The molecule has 3 heterocycles. The molecule has 0 amide bonds. The fraction of sp³-hybridized carbons (Fsp3) is 0.167. The number of ketones is 1. The molecule has 1 aliphatic heterocycles. The molecule has 2 aliphatic rings. The van der Waals surface area contributed by atoms with E-state index in [1.54, 1.807) is 16.3 Å². The average Bonchev–Trinajstić information content (AvgIpc) is 3.84. The zero-order valence-electron chi connectivity index (χ0n) is 30.4. The number of Topliss-reactive ketones (excluding diaryl/α,β-unsaturated/α-hetero) is 1. The van der Waals surface area contributed by atoms with Crippen LogP contribution in [-0.2, 0) is 20.6 Å². The Kier molecular flexibility index (Phi) is 12.3. The largest absolute Gasteiger partial charge is 0.336 e. The van der Waals surface area contributed by atoms with E-state index in [-0.39, 0.29) is 28.8 Å². The highest BCUT2D eigenvalue weighted by atomic mass is 35.6. The number of nitrogens with zero attached hydrogens (tertiary/aromatic N) is 5. The summed E-state index contributed by atoms with van der Waals surface area (Å²) in [5.41, 5.74) is 7.53. The molecule has 15 heteroatoms. The fourth-order valence-corrected chi connectivity index (χ4v) is 9.58. The third-order valence-corrected chi connectivity index (χ3v) is 12.8. The maximum Gasteiger partial charge on any atom is 0.271 e. The molecular formula is C42H31Cl6N5O2S2. The summed E-state index contributed by atoms with van der Waals surface area (Å²) in [5.74, 6) is 0.0672. The zero-order valence-corrected chi connectivity index (χ0v) is 36.6. The molecule has 7 nitrogen and oxygen atoms in total. The Bertz CT molecular complexity index is 2680. The highest BCUT2D eigenvalue weighted by molar-refractivity contribution is 8.16. The van der Waals surface area contributed by atoms with Crippen LogP contribution < -0.4 is 14.8 Å². The molecule has 2 aromatic heterocycles. The van der Waals surface area contributed by atoms with Gasteiger partial charge in [0.15, 0.2) is 23.3 Å². The Morgan fingerprint density at radius 3 is 1.82 bits per heavy atom. The van der Waals surface area contributed by atoms with E-state index in [9.17, 15) is 9.59 Å². The smallest absolute Gasteiger partial charge is 0.271 e. The van der Waals surface area contributed by atoms with Crippen molar-refractivity contribution in [3.8, 4) is 11.4 Å². The first-order valence-corrected chi connectivity index (χ1v) is 21.4. The number of alkyl halides is 6. The Balaban J connectivity index is 0.000000202. The summed E-state index contributed by atoms with van der Waals surface area (Å²) in [7, 11) is 2.03. The first-order valence-electron chi connectivity index (χ1n) is 17.5. The van der Waals surface area contributed by atoms with E-state index in [1.807, 2.05) is 106 Å². The maximum absolute atomic E-state index is 13.7. The van der Waals surface area contributed by atoms with Gasteiger partial charge in [-0.3, -0.25) is 14.2 Å². The molecule has 0 atom stereocenters. The molecule has 0 N–H and O–H groups in total. The Labute approximate surface area is 367 Å². The average molecular weight is 915 g/mol. The molecule has 0 bridgehead atoms. The molecule has 1 aliphatic carbocycles. The summed E-state index contributed by atoms with van der Waals surface area (Å²) in [6.45, 7) is 4.44. The van der Waals surface area contributed by atoms with Gasteiger partial charge in [0.05, 0.1) is 5.70 Å². The number of carbonyl (C=O) groups excluding carboxylic acids is 1. The van der Waals surface area contributed by atoms with Gasteiger partial charge in [-0.1, -0.05) is 196 Å². The lowest BCUT2D eigenvalue weighted by molar-refractivity contribution is 0.105. The second-order valence-electron chi connectivity index (χ2n) is 13.0. The lowest BCUT2D eigenvalue weighted by Crippen LogP contribution is -2.34. The van der Waals surface area contributed by atoms with Gasteiger partial charge in [-0.2, -0.15) is 0 Å². The van der Waals surface area contributed by atoms with Crippen molar-refractivity contribution in [2.45, 2.75) is 34.4 Å². The molecule has 6 aromatic rings.